The van der Waals surface area contributed by atoms with Crippen LogP contribution in [0.1, 0.15) is 49.3 Å². The predicted octanol–water partition coefficient (Wildman–Crippen LogP) is 7.33. The van der Waals surface area contributed by atoms with Gasteiger partial charge in [0, 0.05) is 42.1 Å². The van der Waals surface area contributed by atoms with Gasteiger partial charge in [-0.3, -0.25) is 9.69 Å². The second-order valence-electron chi connectivity index (χ2n) is 9.95. The molecule has 1 N–H and O–H groups in total. The van der Waals surface area contributed by atoms with Crippen LogP contribution in [0.3, 0.4) is 0 Å². The van der Waals surface area contributed by atoms with Crippen LogP contribution in [0.5, 0.6) is 5.75 Å². The number of carbonyl (C=O) groups excluding carboxylic acids is 1. The number of carbonyl (C=O) groups is 1. The fraction of sp³-hybridized carbons (Fsp3) is 0.290. The van der Waals surface area contributed by atoms with Crippen LogP contribution in [0.4, 0.5) is 5.69 Å². The van der Waals surface area contributed by atoms with E-state index >= 15 is 0 Å². The van der Waals surface area contributed by atoms with Crippen molar-refractivity contribution < 1.29 is 9.53 Å². The fourth-order valence-corrected chi connectivity index (χ4v) is 6.42. The van der Waals surface area contributed by atoms with E-state index in [-0.39, 0.29) is 5.91 Å². The number of fused-ring (bicyclic) bond motifs is 1. The normalized spacial score (nSPS) is 18.8. The molecule has 2 aromatic heterocycles. The van der Waals surface area contributed by atoms with Crippen molar-refractivity contribution in [2.45, 2.75) is 44.6 Å². The molecule has 4 aromatic rings. The van der Waals surface area contributed by atoms with E-state index in [1.165, 1.54) is 54.8 Å². The van der Waals surface area contributed by atoms with E-state index in [1.807, 2.05) is 53.6 Å². The number of amidine groups is 1. The zero-order chi connectivity index (χ0) is 25.9. The first-order chi connectivity index (χ1) is 18.7. The predicted molar refractivity (Wildman–Crippen MR) is 156 cm³/mol. The number of nitrogens with zero attached hydrogens (tertiary/aromatic N) is 3. The summed E-state index contributed by atoms with van der Waals surface area (Å²) in [5.41, 5.74) is 4.17. The average molecular weight is 525 g/mol. The van der Waals surface area contributed by atoms with Crippen molar-refractivity contribution in [3.8, 4) is 5.75 Å². The molecule has 0 bridgehead atoms. The van der Waals surface area contributed by atoms with Gasteiger partial charge < -0.3 is 14.3 Å². The molecule has 0 radical (unpaired) electrons. The number of hydrogen-bond donors (Lipinski definition) is 1. The van der Waals surface area contributed by atoms with Crippen molar-refractivity contribution in [1.29, 1.82) is 0 Å². The van der Waals surface area contributed by atoms with Gasteiger partial charge in [-0.25, -0.2) is 4.99 Å². The van der Waals surface area contributed by atoms with Crippen LogP contribution in [-0.2, 0) is 11.2 Å². The molecule has 1 saturated carbocycles. The van der Waals surface area contributed by atoms with E-state index in [1.54, 1.807) is 7.11 Å². The van der Waals surface area contributed by atoms with Gasteiger partial charge >= 0.3 is 0 Å². The van der Waals surface area contributed by atoms with E-state index in [4.69, 9.17) is 9.73 Å². The summed E-state index contributed by atoms with van der Waals surface area (Å²) < 4.78 is 7.62. The molecular formula is C31H32N4O2S. The summed E-state index contributed by atoms with van der Waals surface area (Å²) in [7, 11) is 1.65. The molecule has 0 spiro atoms. The maximum absolute atomic E-state index is 13.7. The number of aromatic amines is 1. The molecule has 6 rings (SSSR count). The second-order valence-corrected chi connectivity index (χ2v) is 11.0. The van der Waals surface area contributed by atoms with Crippen LogP contribution in [0, 0.1) is 0 Å². The molecule has 0 unspecified atom stereocenters. The molecule has 6 nitrogen and oxygen atoms in total. The molecule has 0 atom stereocenters. The zero-order valence-corrected chi connectivity index (χ0v) is 22.4. The van der Waals surface area contributed by atoms with E-state index in [0.29, 0.717) is 22.7 Å². The van der Waals surface area contributed by atoms with E-state index in [0.717, 1.165) is 28.9 Å². The second kappa shape index (κ2) is 11.0. The SMILES string of the molecule is COc1ccc(N=C2S/C(=C/c3ccn(C4CCCCC4)c3)C(=O)N2CCc2c[nH]c3ccccc23)cc1. The summed E-state index contributed by atoms with van der Waals surface area (Å²) in [6.07, 6.45) is 15.5. The molecule has 2 aliphatic rings. The number of rotatable bonds is 7. The van der Waals surface area contributed by atoms with Gasteiger partial charge in [0.2, 0.25) is 0 Å². The molecule has 3 heterocycles. The lowest BCUT2D eigenvalue weighted by Gasteiger charge is -2.23. The van der Waals surface area contributed by atoms with Crippen LogP contribution in [0.2, 0.25) is 0 Å². The first-order valence-corrected chi connectivity index (χ1v) is 14.2. The number of para-hydroxylation sites is 1. The van der Waals surface area contributed by atoms with Crippen LogP contribution in [-0.4, -0.2) is 39.2 Å². The molecule has 2 fully saturated rings. The minimum Gasteiger partial charge on any atom is -0.497 e. The third kappa shape index (κ3) is 5.16. The number of ether oxygens (including phenoxy) is 1. The number of H-pyrrole nitrogens is 1. The Kier molecular flexibility index (Phi) is 7.10. The molecule has 1 aliphatic heterocycles. The average Bonchev–Trinajstić information content (AvgIpc) is 3.67. The third-order valence-electron chi connectivity index (χ3n) is 7.50. The number of benzene rings is 2. The lowest BCUT2D eigenvalue weighted by atomic mass is 9.95. The molecule has 1 aliphatic carbocycles. The Balaban J connectivity index is 1.27. The van der Waals surface area contributed by atoms with E-state index in [9.17, 15) is 4.79 Å². The van der Waals surface area contributed by atoms with E-state index in [2.05, 4.69) is 40.1 Å². The van der Waals surface area contributed by atoms with E-state index < -0.39 is 0 Å². The topological polar surface area (TPSA) is 62.6 Å². The minimum atomic E-state index is 0.00696. The molecule has 1 saturated heterocycles. The molecular weight excluding hydrogens is 492 g/mol. The van der Waals surface area contributed by atoms with Crippen molar-refractivity contribution in [3.63, 3.8) is 0 Å². The number of hydrogen-bond acceptors (Lipinski definition) is 4. The molecule has 1 amide bonds. The first kappa shape index (κ1) is 24.6. The summed E-state index contributed by atoms with van der Waals surface area (Å²) in [6, 6.07) is 18.6. The van der Waals surface area contributed by atoms with Gasteiger partial charge in [-0.1, -0.05) is 37.5 Å². The number of nitrogens with one attached hydrogen (secondary N) is 1. The molecule has 38 heavy (non-hydrogen) atoms. The van der Waals surface area contributed by atoms with Gasteiger partial charge in [-0.05, 0) is 84.6 Å². The van der Waals surface area contributed by atoms with Crippen molar-refractivity contribution in [2.24, 2.45) is 4.99 Å². The molecule has 7 heteroatoms. The number of methoxy groups -OCH3 is 1. The van der Waals surface area contributed by atoms with Crippen LogP contribution in [0.15, 0.2) is 83.1 Å². The number of aromatic nitrogens is 2. The van der Waals surface area contributed by atoms with Gasteiger partial charge in [0.15, 0.2) is 5.17 Å². The van der Waals surface area contributed by atoms with Crippen molar-refractivity contribution in [3.05, 3.63) is 89.2 Å². The lowest BCUT2D eigenvalue weighted by Crippen LogP contribution is -2.31. The van der Waals surface area contributed by atoms with Gasteiger partial charge in [0.1, 0.15) is 5.75 Å². The van der Waals surface area contributed by atoms with Crippen LogP contribution in [0.25, 0.3) is 17.0 Å². The maximum Gasteiger partial charge on any atom is 0.266 e. The van der Waals surface area contributed by atoms with Gasteiger partial charge in [-0.15, -0.1) is 0 Å². The highest BCUT2D eigenvalue weighted by molar-refractivity contribution is 8.18. The molecule has 194 valence electrons. The minimum absolute atomic E-state index is 0.00696. The molecule has 2 aromatic carbocycles. The Morgan fingerprint density at radius 1 is 1.08 bits per heavy atom. The summed E-state index contributed by atoms with van der Waals surface area (Å²) in [5.74, 6) is 0.788. The number of amides is 1. The first-order valence-electron chi connectivity index (χ1n) is 13.3. The lowest BCUT2D eigenvalue weighted by molar-refractivity contribution is -0.122. The van der Waals surface area contributed by atoms with Crippen molar-refractivity contribution in [2.75, 3.05) is 13.7 Å². The summed E-state index contributed by atoms with van der Waals surface area (Å²) >= 11 is 1.45. The summed E-state index contributed by atoms with van der Waals surface area (Å²) in [4.78, 5) is 24.4. The Morgan fingerprint density at radius 3 is 2.71 bits per heavy atom. The van der Waals surface area contributed by atoms with Gasteiger partial charge in [0.05, 0.1) is 17.7 Å². The van der Waals surface area contributed by atoms with Crippen LogP contribution < -0.4 is 4.74 Å². The maximum atomic E-state index is 13.7. The summed E-state index contributed by atoms with van der Waals surface area (Å²) in [5, 5.41) is 1.90. The Labute approximate surface area is 227 Å². The van der Waals surface area contributed by atoms with Crippen molar-refractivity contribution in [1.82, 2.24) is 14.5 Å². The highest BCUT2D eigenvalue weighted by Gasteiger charge is 2.33. The smallest absolute Gasteiger partial charge is 0.266 e. The monoisotopic (exact) mass is 524 g/mol. The third-order valence-corrected chi connectivity index (χ3v) is 8.50. The van der Waals surface area contributed by atoms with Crippen molar-refractivity contribution >= 4 is 45.5 Å². The van der Waals surface area contributed by atoms with Gasteiger partial charge in [-0.2, -0.15) is 0 Å². The van der Waals surface area contributed by atoms with Crippen LogP contribution >= 0.6 is 11.8 Å². The number of thioether (sulfide) groups is 1. The quantitative estimate of drug-likeness (QED) is 0.258. The number of aliphatic imine (C=N–C) groups is 1. The highest BCUT2D eigenvalue weighted by atomic mass is 32.2. The summed E-state index contributed by atoms with van der Waals surface area (Å²) in [6.45, 7) is 0.559. The van der Waals surface area contributed by atoms with Gasteiger partial charge in [0.25, 0.3) is 5.91 Å². The zero-order valence-electron chi connectivity index (χ0n) is 21.6. The Hall–Kier alpha value is -3.71. The largest absolute Gasteiger partial charge is 0.497 e. The Bertz CT molecular complexity index is 1490. The standard InChI is InChI=1S/C31H32N4O2S/c1-37-26-13-11-24(12-14-26)33-31-35(18-16-23-20-32-28-10-6-5-9-27(23)28)30(36)29(38-31)19-22-15-17-34(21-22)25-7-3-2-4-8-25/h5-6,9-15,17,19-21,25,32H,2-4,7-8,16,18H2,1H3/b29-19+,33-31?. The Morgan fingerprint density at radius 2 is 1.89 bits per heavy atom. The highest BCUT2D eigenvalue weighted by Crippen LogP contribution is 2.36. The fourth-order valence-electron chi connectivity index (χ4n) is 5.40.